The second-order valence-electron chi connectivity index (χ2n) is 8.14. The Hall–Kier alpha value is -4.00. The van der Waals surface area contributed by atoms with Crippen LogP contribution >= 0.6 is 0 Å². The minimum absolute atomic E-state index is 0.0387. The number of rotatable bonds is 7. The molecule has 0 bridgehead atoms. The molecule has 6 nitrogen and oxygen atoms in total. The molecular formula is C27H25FN2O4. The number of aryl methyl sites for hydroxylation is 1. The molecule has 0 spiro atoms. The maximum atomic E-state index is 14.9. The van der Waals surface area contributed by atoms with Gasteiger partial charge in [-0.1, -0.05) is 31.2 Å². The number of nitrogens with zero attached hydrogens (tertiary/aromatic N) is 2. The van der Waals surface area contributed by atoms with Crippen LogP contribution in [0.1, 0.15) is 41.6 Å². The first-order chi connectivity index (χ1) is 16.4. The van der Waals surface area contributed by atoms with E-state index in [0.717, 1.165) is 12.0 Å². The van der Waals surface area contributed by atoms with Crippen LogP contribution in [0.2, 0.25) is 0 Å². The summed E-state index contributed by atoms with van der Waals surface area (Å²) in [5, 5.41) is 11.2. The van der Waals surface area contributed by atoms with Crippen molar-refractivity contribution in [1.82, 2.24) is 9.88 Å². The number of likely N-dealkylation sites (tertiary alicyclic amines) is 1. The van der Waals surface area contributed by atoms with Gasteiger partial charge in [-0.3, -0.25) is 14.6 Å². The summed E-state index contributed by atoms with van der Waals surface area (Å²) in [6, 6.07) is 13.4. The molecule has 174 valence electrons. The number of carbonyl (C=O) groups is 2. The van der Waals surface area contributed by atoms with Gasteiger partial charge in [-0.25, -0.2) is 4.39 Å². The number of Topliss-reactive ketones (excluding diaryl/α,β-unsaturated/α-hetero) is 1. The standard InChI is InChI=1S/C27H25FN2O4/c1-3-13-34-22-11-10-19(14-17(22)2)25(31)23-24(20-8-4-5-9-21(20)28)30(27(33)26(23)32)16-18-7-6-12-29-15-18/h4-12,14-15,24,31H,3,13,16H2,1-2H3/b25-23+. The van der Waals surface area contributed by atoms with Crippen LogP contribution in [0.3, 0.4) is 0 Å². The van der Waals surface area contributed by atoms with Crippen LogP contribution in [0.4, 0.5) is 4.39 Å². The van der Waals surface area contributed by atoms with E-state index in [4.69, 9.17) is 4.74 Å². The molecule has 2 aromatic carbocycles. The molecule has 1 N–H and O–H groups in total. The highest BCUT2D eigenvalue weighted by Gasteiger charge is 2.47. The quantitative estimate of drug-likeness (QED) is 0.307. The first kappa shape index (κ1) is 23.2. The molecule has 1 aromatic heterocycles. The van der Waals surface area contributed by atoms with Gasteiger partial charge in [0, 0.05) is 30.1 Å². The van der Waals surface area contributed by atoms with Crippen molar-refractivity contribution in [2.75, 3.05) is 6.61 Å². The minimum Gasteiger partial charge on any atom is -0.507 e. The highest BCUT2D eigenvalue weighted by molar-refractivity contribution is 6.46. The molecule has 34 heavy (non-hydrogen) atoms. The van der Waals surface area contributed by atoms with Gasteiger partial charge in [0.15, 0.2) is 0 Å². The van der Waals surface area contributed by atoms with Crippen LogP contribution in [0.25, 0.3) is 5.76 Å². The predicted octanol–water partition coefficient (Wildman–Crippen LogP) is 4.94. The predicted molar refractivity (Wildman–Crippen MR) is 125 cm³/mol. The van der Waals surface area contributed by atoms with Crippen LogP contribution in [0.5, 0.6) is 5.75 Å². The number of hydrogen-bond acceptors (Lipinski definition) is 5. The van der Waals surface area contributed by atoms with Gasteiger partial charge < -0.3 is 14.7 Å². The summed E-state index contributed by atoms with van der Waals surface area (Å²) >= 11 is 0. The van der Waals surface area contributed by atoms with Crippen molar-refractivity contribution >= 4 is 17.4 Å². The number of halogens is 1. The van der Waals surface area contributed by atoms with Gasteiger partial charge in [-0.15, -0.1) is 0 Å². The lowest BCUT2D eigenvalue weighted by molar-refractivity contribution is -0.140. The zero-order chi connectivity index (χ0) is 24.2. The molecule has 1 unspecified atom stereocenters. The Kier molecular flexibility index (Phi) is 6.72. The number of amides is 1. The fourth-order valence-electron chi connectivity index (χ4n) is 4.08. The van der Waals surface area contributed by atoms with Gasteiger partial charge >= 0.3 is 0 Å². The summed E-state index contributed by atoms with van der Waals surface area (Å²) in [7, 11) is 0. The highest BCUT2D eigenvalue weighted by atomic mass is 19.1. The number of ether oxygens (including phenoxy) is 1. The SMILES string of the molecule is CCCOc1ccc(/C(O)=C2\C(=O)C(=O)N(Cc3cccnc3)C2c2ccccc2F)cc1C. The zero-order valence-corrected chi connectivity index (χ0v) is 19.0. The second kappa shape index (κ2) is 9.87. The molecular weight excluding hydrogens is 435 g/mol. The average molecular weight is 461 g/mol. The molecule has 0 saturated carbocycles. The van der Waals surface area contributed by atoms with Crippen molar-refractivity contribution in [2.45, 2.75) is 32.9 Å². The first-order valence-electron chi connectivity index (χ1n) is 11.1. The van der Waals surface area contributed by atoms with E-state index in [1.807, 2.05) is 13.8 Å². The van der Waals surface area contributed by atoms with E-state index in [9.17, 15) is 19.1 Å². The van der Waals surface area contributed by atoms with Crippen molar-refractivity contribution in [3.8, 4) is 5.75 Å². The number of pyridine rings is 1. The lowest BCUT2D eigenvalue weighted by Gasteiger charge is -2.25. The van der Waals surface area contributed by atoms with E-state index in [1.165, 1.54) is 23.1 Å². The normalized spacial score (nSPS) is 17.3. The Morgan fingerprint density at radius 1 is 1.15 bits per heavy atom. The van der Waals surface area contributed by atoms with E-state index in [0.29, 0.717) is 23.5 Å². The Morgan fingerprint density at radius 3 is 2.62 bits per heavy atom. The molecule has 3 aromatic rings. The Morgan fingerprint density at radius 2 is 1.94 bits per heavy atom. The molecule has 1 amide bonds. The number of aliphatic hydroxyl groups is 1. The van der Waals surface area contributed by atoms with Crippen LogP contribution in [-0.2, 0) is 16.1 Å². The number of aromatic nitrogens is 1. The minimum atomic E-state index is -1.09. The topological polar surface area (TPSA) is 79.7 Å². The summed E-state index contributed by atoms with van der Waals surface area (Å²) in [5.41, 5.74) is 1.78. The van der Waals surface area contributed by atoms with Gasteiger partial charge in [0.2, 0.25) is 0 Å². The molecule has 1 aliphatic heterocycles. The maximum absolute atomic E-state index is 14.9. The van der Waals surface area contributed by atoms with E-state index in [2.05, 4.69) is 4.98 Å². The van der Waals surface area contributed by atoms with Gasteiger partial charge in [-0.05, 0) is 54.8 Å². The molecule has 7 heteroatoms. The van der Waals surface area contributed by atoms with E-state index in [-0.39, 0.29) is 23.4 Å². The third-order valence-corrected chi connectivity index (χ3v) is 5.73. The summed E-state index contributed by atoms with van der Waals surface area (Å²) < 4.78 is 20.6. The molecule has 1 fully saturated rings. The van der Waals surface area contributed by atoms with Crippen molar-refractivity contribution in [3.05, 3.63) is 101 Å². The number of carbonyl (C=O) groups excluding carboxylic acids is 2. The average Bonchev–Trinajstić information content (AvgIpc) is 3.08. The van der Waals surface area contributed by atoms with Crippen molar-refractivity contribution in [3.63, 3.8) is 0 Å². The molecule has 1 atom stereocenters. The lowest BCUT2D eigenvalue weighted by Crippen LogP contribution is -2.29. The van der Waals surface area contributed by atoms with Gasteiger partial charge in [0.05, 0.1) is 18.2 Å². The van der Waals surface area contributed by atoms with E-state index < -0.39 is 23.5 Å². The van der Waals surface area contributed by atoms with Crippen LogP contribution in [0.15, 0.2) is 72.6 Å². The summed E-state index contributed by atoms with van der Waals surface area (Å²) in [6.45, 7) is 4.43. The van der Waals surface area contributed by atoms with Gasteiger partial charge in [0.1, 0.15) is 17.3 Å². The van der Waals surface area contributed by atoms with Gasteiger partial charge in [-0.2, -0.15) is 0 Å². The number of hydrogen-bond donors (Lipinski definition) is 1. The largest absolute Gasteiger partial charge is 0.507 e. The summed E-state index contributed by atoms with van der Waals surface area (Å²) in [6.07, 6.45) is 4.03. The Labute approximate surface area is 197 Å². The van der Waals surface area contributed by atoms with Crippen molar-refractivity contribution in [1.29, 1.82) is 0 Å². The molecule has 0 aliphatic carbocycles. The first-order valence-corrected chi connectivity index (χ1v) is 11.1. The summed E-state index contributed by atoms with van der Waals surface area (Å²) in [4.78, 5) is 31.5. The Bertz CT molecular complexity index is 1260. The Balaban J connectivity index is 1.83. The second-order valence-corrected chi connectivity index (χ2v) is 8.14. The third kappa shape index (κ3) is 4.41. The fraction of sp³-hybridized carbons (Fsp3) is 0.222. The smallest absolute Gasteiger partial charge is 0.295 e. The monoisotopic (exact) mass is 460 g/mol. The molecule has 4 rings (SSSR count). The lowest BCUT2D eigenvalue weighted by atomic mass is 9.94. The molecule has 0 radical (unpaired) electrons. The van der Waals surface area contributed by atoms with Crippen molar-refractivity contribution in [2.24, 2.45) is 0 Å². The molecule has 1 aliphatic rings. The van der Waals surface area contributed by atoms with Crippen LogP contribution in [-0.4, -0.2) is 33.3 Å². The molecule has 2 heterocycles. The highest BCUT2D eigenvalue weighted by Crippen LogP contribution is 2.41. The fourth-order valence-corrected chi connectivity index (χ4v) is 4.08. The molecule has 1 saturated heterocycles. The van der Waals surface area contributed by atoms with Crippen molar-refractivity contribution < 1.29 is 23.8 Å². The van der Waals surface area contributed by atoms with Gasteiger partial charge in [0.25, 0.3) is 11.7 Å². The number of ketones is 1. The summed E-state index contributed by atoms with van der Waals surface area (Å²) in [5.74, 6) is -1.93. The number of aliphatic hydroxyl groups excluding tert-OH is 1. The number of benzene rings is 2. The van der Waals surface area contributed by atoms with E-state index >= 15 is 0 Å². The van der Waals surface area contributed by atoms with Crippen LogP contribution in [0, 0.1) is 12.7 Å². The van der Waals surface area contributed by atoms with E-state index in [1.54, 1.807) is 48.8 Å². The van der Waals surface area contributed by atoms with Crippen LogP contribution < -0.4 is 4.74 Å². The zero-order valence-electron chi connectivity index (χ0n) is 19.0. The maximum Gasteiger partial charge on any atom is 0.295 e. The third-order valence-electron chi connectivity index (χ3n) is 5.73.